The molecular formula is C8H14N4+. The fourth-order valence-electron chi connectivity index (χ4n) is 1.84. The largest absolute Gasteiger partial charge is 0.275 e. The van der Waals surface area contributed by atoms with E-state index < -0.39 is 0 Å². The number of aromatic amines is 1. The van der Waals surface area contributed by atoms with Gasteiger partial charge >= 0.3 is 0 Å². The molecule has 0 aliphatic carbocycles. The van der Waals surface area contributed by atoms with Gasteiger partial charge < -0.3 is 0 Å². The third-order valence-corrected chi connectivity index (χ3v) is 2.70. The SMILES string of the molecule is C[N+]1(c2[c]nn[nH]2)CCCCC1. The van der Waals surface area contributed by atoms with E-state index in [2.05, 4.69) is 28.7 Å². The number of rotatable bonds is 1. The molecule has 1 aromatic rings. The van der Waals surface area contributed by atoms with Crippen LogP contribution >= 0.6 is 0 Å². The summed E-state index contributed by atoms with van der Waals surface area (Å²) in [5, 5.41) is 10.3. The second kappa shape index (κ2) is 2.86. The van der Waals surface area contributed by atoms with E-state index in [0.29, 0.717) is 0 Å². The molecule has 0 bridgehead atoms. The predicted octanol–water partition coefficient (Wildman–Crippen LogP) is 0.726. The van der Waals surface area contributed by atoms with Gasteiger partial charge in [-0.1, -0.05) is 5.21 Å². The van der Waals surface area contributed by atoms with E-state index in [4.69, 9.17) is 0 Å². The first-order chi connectivity index (χ1) is 5.81. The minimum atomic E-state index is 0.924. The van der Waals surface area contributed by atoms with Gasteiger partial charge in [0.05, 0.1) is 20.1 Å². The average Bonchev–Trinajstić information content (AvgIpc) is 2.58. The number of aromatic nitrogens is 3. The van der Waals surface area contributed by atoms with Crippen molar-refractivity contribution in [2.24, 2.45) is 0 Å². The molecule has 1 radical (unpaired) electrons. The Morgan fingerprint density at radius 1 is 1.33 bits per heavy atom. The Balaban J connectivity index is 2.19. The molecular weight excluding hydrogens is 152 g/mol. The van der Waals surface area contributed by atoms with Gasteiger partial charge in [0.1, 0.15) is 0 Å². The number of nitrogens with zero attached hydrogens (tertiary/aromatic N) is 3. The zero-order valence-electron chi connectivity index (χ0n) is 7.38. The van der Waals surface area contributed by atoms with Gasteiger partial charge in [-0.3, -0.25) is 4.48 Å². The summed E-state index contributed by atoms with van der Waals surface area (Å²) in [6, 6.07) is 0. The first-order valence-corrected chi connectivity index (χ1v) is 4.45. The van der Waals surface area contributed by atoms with E-state index >= 15 is 0 Å². The highest BCUT2D eigenvalue weighted by atomic mass is 15.5. The average molecular weight is 166 g/mol. The molecule has 2 heterocycles. The number of piperidine rings is 1. The van der Waals surface area contributed by atoms with Crippen LogP contribution in [-0.2, 0) is 0 Å². The van der Waals surface area contributed by atoms with E-state index in [1.807, 2.05) is 0 Å². The summed E-state index contributed by atoms with van der Waals surface area (Å²) in [6.45, 7) is 2.36. The topological polar surface area (TPSA) is 41.6 Å². The Bertz CT molecular complexity index is 236. The molecule has 1 saturated heterocycles. The van der Waals surface area contributed by atoms with Crippen molar-refractivity contribution in [1.29, 1.82) is 0 Å². The van der Waals surface area contributed by atoms with Crippen molar-refractivity contribution in [3.05, 3.63) is 6.20 Å². The Hall–Kier alpha value is -0.900. The number of likely N-dealkylation sites (tertiary alicyclic amines) is 1. The molecule has 0 amide bonds. The van der Waals surface area contributed by atoms with Crippen LogP contribution in [0.5, 0.6) is 0 Å². The molecule has 0 spiro atoms. The quantitative estimate of drug-likeness (QED) is 0.625. The lowest BCUT2D eigenvalue weighted by Gasteiger charge is -2.34. The zero-order chi connectivity index (χ0) is 8.44. The minimum Gasteiger partial charge on any atom is -0.275 e. The lowest BCUT2D eigenvalue weighted by molar-refractivity contribution is 0.268. The third-order valence-electron chi connectivity index (χ3n) is 2.70. The number of hydrogen-bond donors (Lipinski definition) is 1. The normalized spacial score (nSPS) is 22.4. The molecule has 1 aliphatic rings. The molecule has 1 aliphatic heterocycles. The monoisotopic (exact) mass is 166 g/mol. The van der Waals surface area contributed by atoms with Gasteiger partial charge in [0.2, 0.25) is 6.20 Å². The summed E-state index contributed by atoms with van der Waals surface area (Å²) in [7, 11) is 2.21. The Morgan fingerprint density at radius 3 is 2.67 bits per heavy atom. The van der Waals surface area contributed by atoms with Gasteiger partial charge in [-0.2, -0.15) is 0 Å². The van der Waals surface area contributed by atoms with E-state index in [1.165, 1.54) is 32.4 Å². The fourth-order valence-corrected chi connectivity index (χ4v) is 1.84. The van der Waals surface area contributed by atoms with Crippen molar-refractivity contribution in [3.8, 4) is 0 Å². The van der Waals surface area contributed by atoms with Crippen LogP contribution < -0.4 is 4.48 Å². The van der Waals surface area contributed by atoms with Crippen LogP contribution in [0.3, 0.4) is 0 Å². The number of hydrogen-bond acceptors (Lipinski definition) is 2. The zero-order valence-corrected chi connectivity index (χ0v) is 7.38. The number of quaternary nitrogens is 1. The van der Waals surface area contributed by atoms with Crippen LogP contribution in [-0.4, -0.2) is 35.5 Å². The molecule has 0 atom stereocenters. The number of H-pyrrole nitrogens is 1. The first kappa shape index (κ1) is 7.73. The molecule has 1 N–H and O–H groups in total. The highest BCUT2D eigenvalue weighted by Gasteiger charge is 2.29. The van der Waals surface area contributed by atoms with Gasteiger partial charge in [0.15, 0.2) is 0 Å². The minimum absolute atomic E-state index is 0.924. The van der Waals surface area contributed by atoms with Crippen molar-refractivity contribution in [2.75, 3.05) is 20.1 Å². The maximum atomic E-state index is 3.70. The fraction of sp³-hybridized carbons (Fsp3) is 0.750. The van der Waals surface area contributed by atoms with Crippen LogP contribution in [0, 0.1) is 6.20 Å². The predicted molar refractivity (Wildman–Crippen MR) is 46.5 cm³/mol. The van der Waals surface area contributed by atoms with Gasteiger partial charge in [-0.15, -0.1) is 5.10 Å². The van der Waals surface area contributed by atoms with Crippen LogP contribution in [0.4, 0.5) is 5.82 Å². The standard InChI is InChI=1S/C8H14N4/c1-12(5-3-2-4-6-12)8-7-9-11-10-8/h2-6H2,1H3,(H,9,10,11)/q+1. The molecule has 0 saturated carbocycles. The van der Waals surface area contributed by atoms with Crippen molar-refractivity contribution >= 4 is 5.82 Å². The maximum Gasteiger partial charge on any atom is 0.253 e. The van der Waals surface area contributed by atoms with Crippen molar-refractivity contribution in [1.82, 2.24) is 19.9 Å². The molecule has 1 aromatic heterocycles. The molecule has 1 fully saturated rings. The van der Waals surface area contributed by atoms with Gasteiger partial charge in [0.25, 0.3) is 5.82 Å². The van der Waals surface area contributed by atoms with Crippen LogP contribution in [0.1, 0.15) is 19.3 Å². The Kier molecular flexibility index (Phi) is 1.84. The van der Waals surface area contributed by atoms with Crippen LogP contribution in [0.15, 0.2) is 0 Å². The van der Waals surface area contributed by atoms with Crippen molar-refractivity contribution in [3.63, 3.8) is 0 Å². The summed E-state index contributed by atoms with van der Waals surface area (Å²) in [5.41, 5.74) is 0. The van der Waals surface area contributed by atoms with Crippen molar-refractivity contribution in [2.45, 2.75) is 19.3 Å². The third kappa shape index (κ3) is 1.22. The highest BCUT2D eigenvalue weighted by Crippen LogP contribution is 2.22. The van der Waals surface area contributed by atoms with Gasteiger partial charge in [0, 0.05) is 0 Å². The molecule has 2 rings (SSSR count). The molecule has 0 aromatic carbocycles. The lowest BCUT2D eigenvalue weighted by atomic mass is 10.1. The van der Waals surface area contributed by atoms with Gasteiger partial charge in [-0.05, 0) is 19.3 Å². The lowest BCUT2D eigenvalue weighted by Crippen LogP contribution is -2.49. The smallest absolute Gasteiger partial charge is 0.253 e. The summed E-state index contributed by atoms with van der Waals surface area (Å²) in [6.07, 6.45) is 6.85. The molecule has 0 unspecified atom stereocenters. The van der Waals surface area contributed by atoms with E-state index in [0.717, 1.165) is 10.3 Å². The van der Waals surface area contributed by atoms with E-state index in [-0.39, 0.29) is 0 Å². The molecule has 4 heteroatoms. The van der Waals surface area contributed by atoms with Crippen LogP contribution in [0.2, 0.25) is 0 Å². The van der Waals surface area contributed by atoms with E-state index in [1.54, 1.807) is 0 Å². The second-order valence-corrected chi connectivity index (χ2v) is 3.68. The Morgan fingerprint density at radius 2 is 2.08 bits per heavy atom. The molecule has 65 valence electrons. The molecule has 12 heavy (non-hydrogen) atoms. The maximum absolute atomic E-state index is 3.70. The summed E-state index contributed by atoms with van der Waals surface area (Å²) in [4.78, 5) is 0. The van der Waals surface area contributed by atoms with Gasteiger partial charge in [-0.25, -0.2) is 5.10 Å². The van der Waals surface area contributed by atoms with Crippen LogP contribution in [0.25, 0.3) is 0 Å². The van der Waals surface area contributed by atoms with Crippen molar-refractivity contribution < 1.29 is 0 Å². The Labute approximate surface area is 72.2 Å². The second-order valence-electron chi connectivity index (χ2n) is 3.68. The number of nitrogens with one attached hydrogen (secondary N) is 1. The first-order valence-electron chi connectivity index (χ1n) is 4.45. The summed E-state index contributed by atoms with van der Waals surface area (Å²) in [5.74, 6) is 1.02. The molecule has 4 nitrogen and oxygen atoms in total. The van der Waals surface area contributed by atoms with E-state index in [9.17, 15) is 0 Å². The highest BCUT2D eigenvalue weighted by molar-refractivity contribution is 5.27. The summed E-state index contributed by atoms with van der Waals surface area (Å²) >= 11 is 0. The summed E-state index contributed by atoms with van der Waals surface area (Å²) < 4.78 is 0.924.